The first-order valence-corrected chi connectivity index (χ1v) is 8.06. The largest absolute Gasteiger partial charge is 0.489 e. The summed E-state index contributed by atoms with van der Waals surface area (Å²) in [7, 11) is 0. The molecule has 0 aliphatic rings. The van der Waals surface area contributed by atoms with Gasteiger partial charge in [-0.05, 0) is 35.9 Å². The molecule has 5 nitrogen and oxygen atoms in total. The maximum absolute atomic E-state index is 13.3. The van der Waals surface area contributed by atoms with Crippen molar-refractivity contribution in [1.82, 2.24) is 19.6 Å². The Morgan fingerprint density at radius 1 is 0.963 bits per heavy atom. The highest BCUT2D eigenvalue weighted by atomic mass is 19.4. The van der Waals surface area contributed by atoms with Crippen LogP contribution in [0.4, 0.5) is 13.2 Å². The van der Waals surface area contributed by atoms with Gasteiger partial charge in [-0.1, -0.05) is 30.3 Å². The minimum Gasteiger partial charge on any atom is -0.489 e. The van der Waals surface area contributed by atoms with Gasteiger partial charge in [-0.3, -0.25) is 0 Å². The minimum atomic E-state index is -4.57. The van der Waals surface area contributed by atoms with Gasteiger partial charge in [0, 0.05) is 5.56 Å². The summed E-state index contributed by atoms with van der Waals surface area (Å²) in [6.45, 7) is 0.405. The molecule has 27 heavy (non-hydrogen) atoms. The summed E-state index contributed by atoms with van der Waals surface area (Å²) in [4.78, 5) is 7.93. The Morgan fingerprint density at radius 3 is 2.41 bits per heavy atom. The molecule has 0 bridgehead atoms. The maximum Gasteiger partial charge on any atom is 0.433 e. The second-order valence-electron chi connectivity index (χ2n) is 5.79. The summed E-state index contributed by atoms with van der Waals surface area (Å²) >= 11 is 0. The first kappa shape index (κ1) is 17.0. The SMILES string of the molecule is FC(F)(F)c1cc(-c2ccc(OCc3ccccc3)cc2)nc2ncnn12. The number of nitrogens with zero attached hydrogens (tertiary/aromatic N) is 4. The topological polar surface area (TPSA) is 52.3 Å². The van der Waals surface area contributed by atoms with Crippen molar-refractivity contribution in [2.45, 2.75) is 12.8 Å². The third-order valence-corrected chi connectivity index (χ3v) is 3.94. The summed E-state index contributed by atoms with van der Waals surface area (Å²) in [5.74, 6) is 0.506. The van der Waals surface area contributed by atoms with Gasteiger partial charge in [-0.25, -0.2) is 4.98 Å². The molecular formula is C19H13F3N4O. The van der Waals surface area contributed by atoms with Gasteiger partial charge >= 0.3 is 6.18 Å². The first-order chi connectivity index (χ1) is 13.0. The summed E-state index contributed by atoms with van der Waals surface area (Å²) in [5.41, 5.74) is 0.787. The van der Waals surface area contributed by atoms with Gasteiger partial charge < -0.3 is 4.74 Å². The van der Waals surface area contributed by atoms with Crippen LogP contribution in [0.15, 0.2) is 67.0 Å². The maximum atomic E-state index is 13.3. The molecule has 0 unspecified atom stereocenters. The van der Waals surface area contributed by atoms with Crippen LogP contribution in [0.25, 0.3) is 17.0 Å². The Morgan fingerprint density at radius 2 is 1.70 bits per heavy atom. The molecule has 0 radical (unpaired) electrons. The normalized spacial score (nSPS) is 11.7. The Hall–Kier alpha value is -3.42. The molecule has 8 heteroatoms. The number of fused-ring (bicyclic) bond motifs is 1. The second-order valence-corrected chi connectivity index (χ2v) is 5.79. The summed E-state index contributed by atoms with van der Waals surface area (Å²) in [6, 6.07) is 17.3. The van der Waals surface area contributed by atoms with Gasteiger partial charge in [0.05, 0.1) is 5.69 Å². The van der Waals surface area contributed by atoms with E-state index in [4.69, 9.17) is 4.74 Å². The molecule has 0 aliphatic heterocycles. The van der Waals surface area contributed by atoms with E-state index in [1.807, 2.05) is 30.3 Å². The molecule has 2 aromatic heterocycles. The molecule has 0 aliphatic carbocycles. The molecule has 136 valence electrons. The van der Waals surface area contributed by atoms with Crippen molar-refractivity contribution in [2.24, 2.45) is 0 Å². The zero-order valence-corrected chi connectivity index (χ0v) is 13.9. The Bertz CT molecular complexity index is 1060. The van der Waals surface area contributed by atoms with Crippen molar-refractivity contribution in [1.29, 1.82) is 0 Å². The molecule has 0 fully saturated rings. The van der Waals surface area contributed by atoms with E-state index in [9.17, 15) is 13.2 Å². The van der Waals surface area contributed by atoms with Crippen LogP contribution in [0.2, 0.25) is 0 Å². The zero-order valence-electron chi connectivity index (χ0n) is 13.9. The fraction of sp³-hybridized carbons (Fsp3) is 0.105. The molecule has 2 heterocycles. The number of alkyl halides is 3. The highest BCUT2D eigenvalue weighted by molar-refractivity contribution is 5.62. The van der Waals surface area contributed by atoms with Gasteiger partial charge in [0.25, 0.3) is 5.78 Å². The molecule has 4 rings (SSSR count). The van der Waals surface area contributed by atoms with Gasteiger partial charge in [0.15, 0.2) is 5.69 Å². The van der Waals surface area contributed by atoms with E-state index in [1.54, 1.807) is 24.3 Å². The van der Waals surface area contributed by atoms with E-state index in [0.717, 1.165) is 18.0 Å². The third-order valence-electron chi connectivity index (χ3n) is 3.94. The molecule has 2 aromatic carbocycles. The smallest absolute Gasteiger partial charge is 0.433 e. The fourth-order valence-electron chi connectivity index (χ4n) is 2.62. The van der Waals surface area contributed by atoms with Crippen LogP contribution in [0.3, 0.4) is 0 Å². The van der Waals surface area contributed by atoms with Crippen molar-refractivity contribution in [3.05, 3.63) is 78.2 Å². The van der Waals surface area contributed by atoms with E-state index < -0.39 is 11.9 Å². The average molecular weight is 370 g/mol. The highest BCUT2D eigenvalue weighted by Gasteiger charge is 2.35. The lowest BCUT2D eigenvalue weighted by Crippen LogP contribution is -2.13. The third kappa shape index (κ3) is 3.59. The summed E-state index contributed by atoms with van der Waals surface area (Å²) in [6.07, 6.45) is -3.52. The average Bonchev–Trinajstić information content (AvgIpc) is 3.14. The molecule has 0 saturated carbocycles. The molecule has 0 saturated heterocycles. The second kappa shape index (κ2) is 6.71. The lowest BCUT2D eigenvalue weighted by Gasteiger charge is -2.11. The van der Waals surface area contributed by atoms with Gasteiger partial charge in [-0.2, -0.15) is 27.8 Å². The minimum absolute atomic E-state index is 0.107. The van der Waals surface area contributed by atoms with Crippen LogP contribution in [0.5, 0.6) is 5.75 Å². The Kier molecular flexibility index (Phi) is 4.23. The predicted octanol–water partition coefficient (Wildman–Crippen LogP) is 4.39. The molecule has 0 spiro atoms. The van der Waals surface area contributed by atoms with Gasteiger partial charge in [-0.15, -0.1) is 0 Å². The molecule has 0 atom stereocenters. The molecule has 4 aromatic rings. The van der Waals surface area contributed by atoms with E-state index in [2.05, 4.69) is 15.1 Å². The molecule has 0 amide bonds. The van der Waals surface area contributed by atoms with E-state index >= 15 is 0 Å². The molecular weight excluding hydrogens is 357 g/mol. The van der Waals surface area contributed by atoms with E-state index in [0.29, 0.717) is 22.4 Å². The van der Waals surface area contributed by atoms with Crippen LogP contribution < -0.4 is 4.74 Å². The number of ether oxygens (including phenoxy) is 1. The van der Waals surface area contributed by atoms with Gasteiger partial charge in [0.1, 0.15) is 18.7 Å². The van der Waals surface area contributed by atoms with Crippen molar-refractivity contribution in [3.8, 4) is 17.0 Å². The number of halogens is 3. The van der Waals surface area contributed by atoms with Crippen LogP contribution in [0.1, 0.15) is 11.3 Å². The lowest BCUT2D eigenvalue weighted by atomic mass is 10.1. The van der Waals surface area contributed by atoms with Crippen LogP contribution in [0, 0.1) is 0 Å². The molecule has 0 N–H and O–H groups in total. The van der Waals surface area contributed by atoms with E-state index in [-0.39, 0.29) is 11.5 Å². The standard InChI is InChI=1S/C19H13F3N4O/c20-19(21,22)17-10-16(25-18-23-12-24-26(17)18)14-6-8-15(9-7-14)27-11-13-4-2-1-3-5-13/h1-10,12H,11H2. The quantitative estimate of drug-likeness (QED) is 0.535. The Balaban J connectivity index is 1.60. The fourth-order valence-corrected chi connectivity index (χ4v) is 2.62. The van der Waals surface area contributed by atoms with Crippen LogP contribution in [-0.4, -0.2) is 19.6 Å². The van der Waals surface area contributed by atoms with Crippen molar-refractivity contribution >= 4 is 5.78 Å². The summed E-state index contributed by atoms with van der Waals surface area (Å²) in [5, 5.41) is 3.59. The zero-order chi connectivity index (χ0) is 18.9. The Labute approximate surface area is 152 Å². The van der Waals surface area contributed by atoms with Crippen molar-refractivity contribution in [2.75, 3.05) is 0 Å². The first-order valence-electron chi connectivity index (χ1n) is 8.06. The number of hydrogen-bond donors (Lipinski definition) is 0. The van der Waals surface area contributed by atoms with Crippen LogP contribution in [-0.2, 0) is 12.8 Å². The van der Waals surface area contributed by atoms with Crippen molar-refractivity contribution in [3.63, 3.8) is 0 Å². The number of rotatable bonds is 4. The number of hydrogen-bond acceptors (Lipinski definition) is 4. The van der Waals surface area contributed by atoms with Crippen LogP contribution >= 0.6 is 0 Å². The van der Waals surface area contributed by atoms with Gasteiger partial charge in [0.2, 0.25) is 0 Å². The van der Waals surface area contributed by atoms with Crippen molar-refractivity contribution < 1.29 is 17.9 Å². The summed E-state index contributed by atoms with van der Waals surface area (Å²) < 4.78 is 46.2. The number of aromatic nitrogens is 4. The van der Waals surface area contributed by atoms with E-state index in [1.165, 1.54) is 0 Å². The number of benzene rings is 2. The lowest BCUT2D eigenvalue weighted by molar-refractivity contribution is -0.142. The predicted molar refractivity (Wildman–Crippen MR) is 92.0 cm³/mol. The monoisotopic (exact) mass is 370 g/mol. The highest BCUT2D eigenvalue weighted by Crippen LogP contribution is 2.32.